The molecule has 3 aromatic heterocycles. The molecule has 0 aromatic carbocycles. The predicted octanol–water partition coefficient (Wildman–Crippen LogP) is 3.24. The first-order valence-electron chi connectivity index (χ1n) is 7.21. The van der Waals surface area contributed by atoms with Gasteiger partial charge in [-0.3, -0.25) is 14.0 Å². The molecule has 7 heteroatoms. The van der Waals surface area contributed by atoms with E-state index in [1.165, 1.54) is 21.9 Å². The van der Waals surface area contributed by atoms with Crippen LogP contribution in [0.2, 0.25) is 4.34 Å². The van der Waals surface area contributed by atoms with E-state index in [-0.39, 0.29) is 17.0 Å². The Kier molecular flexibility index (Phi) is 4.78. The Morgan fingerprint density at radius 2 is 2.21 bits per heavy atom. The van der Waals surface area contributed by atoms with Gasteiger partial charge >= 0.3 is 0 Å². The summed E-state index contributed by atoms with van der Waals surface area (Å²) >= 11 is 7.34. The van der Waals surface area contributed by atoms with Gasteiger partial charge in [-0.15, -0.1) is 17.9 Å². The molecule has 0 aliphatic carbocycles. The zero-order chi connectivity index (χ0) is 17.1. The van der Waals surface area contributed by atoms with Crippen molar-refractivity contribution in [1.82, 2.24) is 14.3 Å². The van der Waals surface area contributed by atoms with E-state index >= 15 is 0 Å². The van der Waals surface area contributed by atoms with Gasteiger partial charge in [-0.2, -0.15) is 0 Å². The SMILES string of the molecule is C=CCN(Cc1ccc(Cl)s1)C(=O)c1cnc2ccccn2c1=O. The molecule has 122 valence electrons. The molecule has 0 atom stereocenters. The molecule has 0 N–H and O–H groups in total. The van der Waals surface area contributed by atoms with Gasteiger partial charge in [0.1, 0.15) is 11.2 Å². The molecule has 0 saturated heterocycles. The largest absolute Gasteiger partial charge is 0.330 e. The van der Waals surface area contributed by atoms with Crippen LogP contribution in [0.15, 0.2) is 60.2 Å². The van der Waals surface area contributed by atoms with Crippen molar-refractivity contribution in [3.8, 4) is 0 Å². The Labute approximate surface area is 147 Å². The summed E-state index contributed by atoms with van der Waals surface area (Å²) in [7, 11) is 0. The summed E-state index contributed by atoms with van der Waals surface area (Å²) in [5.74, 6) is -0.379. The van der Waals surface area contributed by atoms with Crippen LogP contribution < -0.4 is 5.56 Å². The van der Waals surface area contributed by atoms with Gasteiger partial charge in [-0.05, 0) is 24.3 Å². The van der Waals surface area contributed by atoms with Crippen molar-refractivity contribution in [3.05, 3.63) is 80.5 Å². The van der Waals surface area contributed by atoms with E-state index in [1.54, 1.807) is 41.4 Å². The van der Waals surface area contributed by atoms with Gasteiger partial charge in [0.05, 0.1) is 10.9 Å². The number of pyridine rings is 1. The lowest BCUT2D eigenvalue weighted by atomic mass is 10.2. The summed E-state index contributed by atoms with van der Waals surface area (Å²) in [6, 6.07) is 8.87. The molecular formula is C17H14ClN3O2S. The molecule has 24 heavy (non-hydrogen) atoms. The third kappa shape index (κ3) is 3.25. The third-order valence-electron chi connectivity index (χ3n) is 3.46. The van der Waals surface area contributed by atoms with Gasteiger partial charge in [-0.25, -0.2) is 4.98 Å². The lowest BCUT2D eigenvalue weighted by Crippen LogP contribution is -2.35. The van der Waals surface area contributed by atoms with Gasteiger partial charge in [0.15, 0.2) is 0 Å². The highest BCUT2D eigenvalue weighted by Gasteiger charge is 2.20. The molecule has 0 aliphatic rings. The maximum atomic E-state index is 12.8. The first-order valence-corrected chi connectivity index (χ1v) is 8.40. The number of carbonyl (C=O) groups is 1. The number of rotatable bonds is 5. The van der Waals surface area contributed by atoms with Crippen LogP contribution in [-0.2, 0) is 6.54 Å². The van der Waals surface area contributed by atoms with Crippen molar-refractivity contribution < 1.29 is 4.79 Å². The number of aromatic nitrogens is 2. The van der Waals surface area contributed by atoms with Crippen molar-refractivity contribution in [1.29, 1.82) is 0 Å². The first-order chi connectivity index (χ1) is 11.6. The maximum absolute atomic E-state index is 12.8. The number of hydrogen-bond acceptors (Lipinski definition) is 4. The molecule has 0 aliphatic heterocycles. The molecule has 1 amide bonds. The smallest absolute Gasteiger partial charge is 0.270 e. The lowest BCUT2D eigenvalue weighted by molar-refractivity contribution is 0.0762. The molecule has 3 heterocycles. The Morgan fingerprint density at radius 1 is 1.38 bits per heavy atom. The highest BCUT2D eigenvalue weighted by atomic mass is 35.5. The predicted molar refractivity (Wildman–Crippen MR) is 95.7 cm³/mol. The number of carbonyl (C=O) groups excluding carboxylic acids is 1. The molecule has 0 radical (unpaired) electrons. The molecule has 3 rings (SSSR count). The van der Waals surface area contributed by atoms with E-state index in [0.717, 1.165) is 4.88 Å². The fraction of sp³-hybridized carbons (Fsp3) is 0.118. The van der Waals surface area contributed by atoms with E-state index in [4.69, 9.17) is 11.6 Å². The van der Waals surface area contributed by atoms with Crippen LogP contribution in [0.25, 0.3) is 5.65 Å². The number of thiophene rings is 1. The number of amides is 1. The van der Waals surface area contributed by atoms with Crippen molar-refractivity contribution in [2.75, 3.05) is 6.54 Å². The molecule has 0 fully saturated rings. The molecule has 0 spiro atoms. The summed E-state index contributed by atoms with van der Waals surface area (Å²) in [6.45, 7) is 4.37. The van der Waals surface area contributed by atoms with Gasteiger partial charge in [0, 0.05) is 23.8 Å². The average Bonchev–Trinajstić information content (AvgIpc) is 2.99. The topological polar surface area (TPSA) is 54.7 Å². The van der Waals surface area contributed by atoms with Crippen LogP contribution >= 0.6 is 22.9 Å². The molecular weight excluding hydrogens is 346 g/mol. The number of nitrogens with zero attached hydrogens (tertiary/aromatic N) is 3. The Balaban J connectivity index is 1.96. The lowest BCUT2D eigenvalue weighted by Gasteiger charge is -2.20. The normalized spacial score (nSPS) is 10.7. The van der Waals surface area contributed by atoms with Crippen LogP contribution in [0.3, 0.4) is 0 Å². The second-order valence-electron chi connectivity index (χ2n) is 5.09. The van der Waals surface area contributed by atoms with Crippen LogP contribution in [0, 0.1) is 0 Å². The summed E-state index contributed by atoms with van der Waals surface area (Å²) < 4.78 is 2.02. The molecule has 3 aromatic rings. The fourth-order valence-corrected chi connectivity index (χ4v) is 3.45. The summed E-state index contributed by atoms with van der Waals surface area (Å²) in [5, 5.41) is 0. The number of fused-ring (bicyclic) bond motifs is 1. The van der Waals surface area contributed by atoms with Gasteiger partial charge < -0.3 is 4.90 Å². The van der Waals surface area contributed by atoms with E-state index in [1.807, 2.05) is 6.07 Å². The quantitative estimate of drug-likeness (QED) is 0.657. The maximum Gasteiger partial charge on any atom is 0.270 e. The van der Waals surface area contributed by atoms with Crippen LogP contribution in [0.4, 0.5) is 0 Å². The van der Waals surface area contributed by atoms with Crippen molar-refractivity contribution in [2.45, 2.75) is 6.54 Å². The Hall–Kier alpha value is -2.44. The first kappa shape index (κ1) is 16.4. The van der Waals surface area contributed by atoms with E-state index in [2.05, 4.69) is 11.6 Å². The highest BCUT2D eigenvalue weighted by Crippen LogP contribution is 2.23. The van der Waals surface area contributed by atoms with E-state index in [0.29, 0.717) is 23.1 Å². The molecule has 0 bridgehead atoms. The van der Waals surface area contributed by atoms with Crippen molar-refractivity contribution in [3.63, 3.8) is 0 Å². The highest BCUT2D eigenvalue weighted by molar-refractivity contribution is 7.16. The van der Waals surface area contributed by atoms with Crippen LogP contribution in [0.1, 0.15) is 15.2 Å². The second kappa shape index (κ2) is 6.98. The van der Waals surface area contributed by atoms with Gasteiger partial charge in [-0.1, -0.05) is 23.7 Å². The van der Waals surface area contributed by atoms with Crippen LogP contribution in [0.5, 0.6) is 0 Å². The fourth-order valence-electron chi connectivity index (χ4n) is 2.34. The molecule has 5 nitrogen and oxygen atoms in total. The number of hydrogen-bond donors (Lipinski definition) is 0. The minimum absolute atomic E-state index is 0.0307. The third-order valence-corrected chi connectivity index (χ3v) is 4.67. The van der Waals surface area contributed by atoms with E-state index in [9.17, 15) is 9.59 Å². The van der Waals surface area contributed by atoms with E-state index < -0.39 is 0 Å². The summed E-state index contributed by atoms with van der Waals surface area (Å²) in [4.78, 5) is 32.0. The standard InChI is InChI=1S/C17H14ClN3O2S/c1-2-8-20(11-12-6-7-14(18)24-12)16(22)13-10-19-15-5-3-4-9-21(15)17(13)23/h2-7,9-10H,1,8,11H2. The van der Waals surface area contributed by atoms with Crippen molar-refractivity contribution >= 4 is 34.5 Å². The Morgan fingerprint density at radius 3 is 2.92 bits per heavy atom. The van der Waals surface area contributed by atoms with Crippen LogP contribution in [-0.4, -0.2) is 26.7 Å². The van der Waals surface area contributed by atoms with Crippen molar-refractivity contribution in [2.24, 2.45) is 0 Å². The minimum atomic E-state index is -0.385. The zero-order valence-corrected chi connectivity index (χ0v) is 14.3. The Bertz CT molecular complexity index is 964. The number of halogens is 1. The average molecular weight is 360 g/mol. The monoisotopic (exact) mass is 359 g/mol. The van der Waals surface area contributed by atoms with Gasteiger partial charge in [0.2, 0.25) is 0 Å². The molecule has 0 saturated carbocycles. The zero-order valence-electron chi connectivity index (χ0n) is 12.7. The summed E-state index contributed by atoms with van der Waals surface area (Å²) in [6.07, 6.45) is 4.55. The summed E-state index contributed by atoms with van der Waals surface area (Å²) in [5.41, 5.74) is 0.145. The minimum Gasteiger partial charge on any atom is -0.330 e. The van der Waals surface area contributed by atoms with Gasteiger partial charge in [0.25, 0.3) is 11.5 Å². The molecule has 0 unspecified atom stereocenters. The second-order valence-corrected chi connectivity index (χ2v) is 6.89.